The Morgan fingerprint density at radius 2 is 1.82 bits per heavy atom. The molecule has 2 aliphatic heterocycles. The Morgan fingerprint density at radius 1 is 1.02 bits per heavy atom. The Kier molecular flexibility index (Phi) is 8.24. The van der Waals surface area contributed by atoms with Crippen molar-refractivity contribution in [2.75, 3.05) is 24.6 Å². The van der Waals surface area contributed by atoms with Crippen LogP contribution in [0.3, 0.4) is 0 Å². The first kappa shape index (κ1) is 32.8. The lowest BCUT2D eigenvalue weighted by molar-refractivity contribution is -0.180. The molecule has 5 aromatic rings. The van der Waals surface area contributed by atoms with Crippen LogP contribution >= 0.6 is 0 Å². The number of alkyl halides is 3. The van der Waals surface area contributed by atoms with Gasteiger partial charge in [-0.2, -0.15) is 18.3 Å². The second-order valence-corrected chi connectivity index (χ2v) is 13.5. The molecule has 4 aromatic heterocycles. The van der Waals surface area contributed by atoms with Crippen LogP contribution in [0, 0.1) is 11.7 Å². The summed E-state index contributed by atoms with van der Waals surface area (Å²) in [6, 6.07) is 10.6. The first-order valence-corrected chi connectivity index (χ1v) is 16.2. The maximum atomic E-state index is 15.3. The van der Waals surface area contributed by atoms with Crippen LogP contribution in [-0.2, 0) is 9.47 Å². The molecule has 2 aliphatic rings. The predicted molar refractivity (Wildman–Crippen MR) is 174 cm³/mol. The van der Waals surface area contributed by atoms with Crippen molar-refractivity contribution in [3.05, 3.63) is 66.4 Å². The summed E-state index contributed by atoms with van der Waals surface area (Å²) < 4.78 is 75.4. The molecule has 1 aromatic carbocycles. The van der Waals surface area contributed by atoms with Gasteiger partial charge in [0.25, 0.3) is 0 Å². The van der Waals surface area contributed by atoms with Gasteiger partial charge in [-0.1, -0.05) is 0 Å². The molecule has 7 rings (SSSR count). The first-order chi connectivity index (χ1) is 23.3. The van der Waals surface area contributed by atoms with Gasteiger partial charge in [0.15, 0.2) is 6.23 Å². The van der Waals surface area contributed by atoms with Crippen molar-refractivity contribution in [3.63, 3.8) is 0 Å². The topological polar surface area (TPSA) is 96.5 Å². The van der Waals surface area contributed by atoms with Crippen LogP contribution in [0.4, 0.5) is 28.2 Å². The SMILES string of the molecule is CC(Oc1ccc2c(c1)c(-c1ccc(N3CC(C(F)(F)F)C3)nc1)nn2C1CCCCO1)c1c(F)cnc2c1ccn2C(=O)OC(C)(C)C. The van der Waals surface area contributed by atoms with Crippen LogP contribution in [-0.4, -0.2) is 61.9 Å². The van der Waals surface area contributed by atoms with E-state index in [0.717, 1.165) is 36.4 Å². The van der Waals surface area contributed by atoms with Gasteiger partial charge in [0.1, 0.15) is 40.4 Å². The minimum Gasteiger partial charge on any atom is -0.486 e. The normalized spacial score (nSPS) is 18.1. The van der Waals surface area contributed by atoms with Crippen molar-refractivity contribution in [2.24, 2.45) is 5.92 Å². The molecular formula is C35H36F4N6O4. The van der Waals surface area contributed by atoms with Crippen molar-refractivity contribution in [3.8, 4) is 17.0 Å². The number of carbonyl (C=O) groups is 1. The average molecular weight is 681 g/mol. The molecule has 49 heavy (non-hydrogen) atoms. The van der Waals surface area contributed by atoms with Gasteiger partial charge in [0.2, 0.25) is 0 Å². The Morgan fingerprint density at radius 3 is 2.49 bits per heavy atom. The zero-order valence-electron chi connectivity index (χ0n) is 27.5. The molecule has 0 amide bonds. The monoisotopic (exact) mass is 680 g/mol. The fourth-order valence-corrected chi connectivity index (χ4v) is 6.35. The van der Waals surface area contributed by atoms with Crippen LogP contribution in [0.2, 0.25) is 0 Å². The van der Waals surface area contributed by atoms with Gasteiger partial charge >= 0.3 is 12.3 Å². The van der Waals surface area contributed by atoms with E-state index in [4.69, 9.17) is 19.3 Å². The van der Waals surface area contributed by atoms with E-state index in [9.17, 15) is 18.0 Å². The number of halogens is 4. The molecular weight excluding hydrogens is 644 g/mol. The lowest BCUT2D eigenvalue weighted by atomic mass is 9.99. The van der Waals surface area contributed by atoms with Gasteiger partial charge < -0.3 is 19.1 Å². The molecule has 0 bridgehead atoms. The van der Waals surface area contributed by atoms with Crippen molar-refractivity contribution >= 4 is 33.8 Å². The third kappa shape index (κ3) is 6.41. The molecule has 0 radical (unpaired) electrons. The fraction of sp³-hybridized carbons (Fsp3) is 0.429. The summed E-state index contributed by atoms with van der Waals surface area (Å²) in [5.74, 6) is -1.02. The van der Waals surface area contributed by atoms with Crippen molar-refractivity contribution < 1.29 is 36.6 Å². The second-order valence-electron chi connectivity index (χ2n) is 13.5. The van der Waals surface area contributed by atoms with Crippen molar-refractivity contribution in [1.29, 1.82) is 0 Å². The van der Waals surface area contributed by atoms with E-state index in [1.54, 1.807) is 63.1 Å². The predicted octanol–water partition coefficient (Wildman–Crippen LogP) is 8.21. The zero-order chi connectivity index (χ0) is 34.7. The van der Waals surface area contributed by atoms with Gasteiger partial charge in [-0.25, -0.2) is 28.4 Å². The van der Waals surface area contributed by atoms with Gasteiger partial charge in [0, 0.05) is 54.0 Å². The van der Waals surface area contributed by atoms with Crippen LogP contribution in [0.25, 0.3) is 33.2 Å². The summed E-state index contributed by atoms with van der Waals surface area (Å²) in [6.07, 6.45) is 1.02. The number of hydrogen-bond donors (Lipinski definition) is 0. The third-order valence-electron chi connectivity index (χ3n) is 8.81. The Labute approximate surface area is 279 Å². The maximum Gasteiger partial charge on any atom is 0.420 e. The van der Waals surface area contributed by atoms with E-state index >= 15 is 4.39 Å². The standard InChI is InChI=1S/C35H36F4N6O4/c1-20(30-24-12-13-44(32(24)41-17-26(30)36)33(46)49-34(2,3)4)48-23-9-10-27-25(15-23)31(42-45(27)29-7-5-6-14-47-29)21-8-11-28(40-16-21)43-18-22(19-43)35(37,38)39/h8-13,15-17,20,22,29H,5-7,14,18-19H2,1-4H3. The van der Waals surface area contributed by atoms with Gasteiger partial charge in [0.05, 0.1) is 17.6 Å². The number of hydrogen-bond acceptors (Lipinski definition) is 8. The Hall–Kier alpha value is -4.72. The Balaban J connectivity index is 1.20. The molecule has 0 spiro atoms. The highest BCUT2D eigenvalue weighted by atomic mass is 19.4. The smallest absolute Gasteiger partial charge is 0.420 e. The molecule has 2 unspecified atom stereocenters. The number of rotatable bonds is 6. The molecule has 2 saturated heterocycles. The van der Waals surface area contributed by atoms with Gasteiger partial charge in [-0.3, -0.25) is 0 Å². The second kappa shape index (κ2) is 12.3. The van der Waals surface area contributed by atoms with Crippen molar-refractivity contribution in [1.82, 2.24) is 24.3 Å². The highest BCUT2D eigenvalue weighted by Crippen LogP contribution is 2.39. The lowest BCUT2D eigenvalue weighted by Gasteiger charge is -2.40. The van der Waals surface area contributed by atoms with E-state index in [0.29, 0.717) is 34.8 Å². The summed E-state index contributed by atoms with van der Waals surface area (Å²) in [5.41, 5.74) is 1.83. The summed E-state index contributed by atoms with van der Waals surface area (Å²) >= 11 is 0. The summed E-state index contributed by atoms with van der Waals surface area (Å²) in [7, 11) is 0. The van der Waals surface area contributed by atoms with Crippen molar-refractivity contribution in [2.45, 2.75) is 71.1 Å². The number of carbonyl (C=O) groups excluding carboxylic acids is 1. The van der Waals surface area contributed by atoms with Gasteiger partial charge in [-0.15, -0.1) is 0 Å². The number of nitrogens with zero attached hydrogens (tertiary/aromatic N) is 6. The molecule has 10 nitrogen and oxygen atoms in total. The first-order valence-electron chi connectivity index (χ1n) is 16.2. The van der Waals surface area contributed by atoms with E-state index < -0.39 is 35.7 Å². The minimum atomic E-state index is -4.22. The third-order valence-corrected chi connectivity index (χ3v) is 8.81. The number of anilines is 1. The maximum absolute atomic E-state index is 15.3. The van der Waals surface area contributed by atoms with E-state index in [1.807, 2.05) is 16.8 Å². The molecule has 2 atom stereocenters. The summed E-state index contributed by atoms with van der Waals surface area (Å²) in [6.45, 7) is 7.36. The fourth-order valence-electron chi connectivity index (χ4n) is 6.35. The van der Waals surface area contributed by atoms with E-state index in [-0.39, 0.29) is 30.5 Å². The van der Waals surface area contributed by atoms with Crippen LogP contribution < -0.4 is 9.64 Å². The van der Waals surface area contributed by atoms with Gasteiger partial charge in [-0.05, 0) is 83.4 Å². The zero-order valence-corrected chi connectivity index (χ0v) is 27.5. The Bertz CT molecular complexity index is 2010. The van der Waals surface area contributed by atoms with E-state index in [2.05, 4.69) is 9.97 Å². The molecule has 0 aliphatic carbocycles. The lowest BCUT2D eigenvalue weighted by Crippen LogP contribution is -2.53. The summed E-state index contributed by atoms with van der Waals surface area (Å²) in [4.78, 5) is 23.0. The highest BCUT2D eigenvalue weighted by molar-refractivity contribution is 5.94. The largest absolute Gasteiger partial charge is 0.486 e. The van der Waals surface area contributed by atoms with E-state index in [1.165, 1.54) is 10.8 Å². The number of ether oxygens (including phenoxy) is 3. The molecule has 0 saturated carbocycles. The summed E-state index contributed by atoms with van der Waals surface area (Å²) in [5, 5.41) is 6.09. The number of pyridine rings is 2. The quantitative estimate of drug-likeness (QED) is 0.166. The molecule has 2 fully saturated rings. The molecule has 6 heterocycles. The molecule has 14 heteroatoms. The number of benzene rings is 1. The van der Waals surface area contributed by atoms with Crippen LogP contribution in [0.1, 0.15) is 64.9 Å². The molecule has 0 N–H and O–H groups in total. The van der Waals surface area contributed by atoms with Crippen LogP contribution in [0.5, 0.6) is 5.75 Å². The average Bonchev–Trinajstić information content (AvgIpc) is 3.61. The minimum absolute atomic E-state index is 0.124. The van der Waals surface area contributed by atoms with Crippen LogP contribution in [0.15, 0.2) is 55.0 Å². The number of aromatic nitrogens is 5. The molecule has 258 valence electrons. The number of fused-ring (bicyclic) bond motifs is 2. The highest BCUT2D eigenvalue weighted by Gasteiger charge is 2.47.